The Labute approximate surface area is 156 Å². The van der Waals surface area contributed by atoms with Crippen LogP contribution in [0, 0.1) is 6.92 Å². The predicted octanol–water partition coefficient (Wildman–Crippen LogP) is 3.81. The van der Waals surface area contributed by atoms with Crippen LogP contribution in [0.2, 0.25) is 5.02 Å². The Morgan fingerprint density at radius 3 is 2.84 bits per heavy atom. The fraction of sp³-hybridized carbons (Fsp3) is 0.353. The molecule has 3 rings (SSSR count). The summed E-state index contributed by atoms with van der Waals surface area (Å²) in [5, 5.41) is 0.475. The van der Waals surface area contributed by atoms with E-state index >= 15 is 0 Å². The summed E-state index contributed by atoms with van der Waals surface area (Å²) in [4.78, 5) is 14.7. The fourth-order valence-electron chi connectivity index (χ4n) is 2.77. The first-order valence-corrected chi connectivity index (χ1v) is 10.7. The van der Waals surface area contributed by atoms with Gasteiger partial charge in [0.1, 0.15) is 4.21 Å². The first-order valence-electron chi connectivity index (χ1n) is 7.98. The predicted molar refractivity (Wildman–Crippen MR) is 101 cm³/mol. The maximum atomic E-state index is 12.7. The van der Waals surface area contributed by atoms with Crippen LogP contribution in [0.15, 0.2) is 28.5 Å². The highest BCUT2D eigenvalue weighted by molar-refractivity contribution is 7.94. The van der Waals surface area contributed by atoms with E-state index in [1.165, 1.54) is 11.3 Å². The van der Waals surface area contributed by atoms with Crippen molar-refractivity contribution < 1.29 is 13.2 Å². The van der Waals surface area contributed by atoms with Crippen molar-refractivity contribution in [2.24, 2.45) is 0 Å². The highest BCUT2D eigenvalue weighted by Gasteiger charge is 2.26. The van der Waals surface area contributed by atoms with Crippen molar-refractivity contribution in [2.45, 2.75) is 37.4 Å². The number of anilines is 1. The number of aryl methyl sites for hydroxylation is 1. The van der Waals surface area contributed by atoms with E-state index in [0.717, 1.165) is 16.0 Å². The molecule has 0 aliphatic carbocycles. The van der Waals surface area contributed by atoms with Gasteiger partial charge in [-0.1, -0.05) is 24.6 Å². The third-order valence-electron chi connectivity index (χ3n) is 4.21. The summed E-state index contributed by atoms with van der Waals surface area (Å²) in [5.74, 6) is 0.0916. The van der Waals surface area contributed by atoms with E-state index in [1.807, 2.05) is 13.8 Å². The van der Waals surface area contributed by atoms with Gasteiger partial charge in [0.25, 0.3) is 10.0 Å². The van der Waals surface area contributed by atoms with E-state index in [0.29, 0.717) is 36.6 Å². The summed E-state index contributed by atoms with van der Waals surface area (Å²) in [7, 11) is -3.68. The second kappa shape index (κ2) is 6.97. The van der Waals surface area contributed by atoms with Gasteiger partial charge in [-0.2, -0.15) is 0 Å². The monoisotopic (exact) mass is 398 g/mol. The number of nitrogens with zero attached hydrogens (tertiary/aromatic N) is 1. The number of halogens is 1. The van der Waals surface area contributed by atoms with Gasteiger partial charge in [0.05, 0.1) is 5.69 Å². The fourth-order valence-corrected chi connectivity index (χ4v) is 5.61. The van der Waals surface area contributed by atoms with Gasteiger partial charge in [-0.15, -0.1) is 11.3 Å². The number of benzene rings is 1. The number of carbonyl (C=O) groups is 1. The SMILES string of the molecule is CCC(=O)N1CCc2sc(S(=O)(=O)Nc3cc(Cl)ccc3C)cc2C1. The molecule has 0 spiro atoms. The van der Waals surface area contributed by atoms with E-state index in [1.54, 1.807) is 29.2 Å². The molecular formula is C17H19ClN2O3S2. The molecule has 0 radical (unpaired) electrons. The van der Waals surface area contributed by atoms with Crippen molar-refractivity contribution in [3.8, 4) is 0 Å². The Balaban J connectivity index is 1.86. The second-order valence-electron chi connectivity index (χ2n) is 6.00. The first-order chi connectivity index (χ1) is 11.8. The largest absolute Gasteiger partial charge is 0.338 e. The number of rotatable bonds is 4. The number of hydrogen-bond donors (Lipinski definition) is 1. The lowest BCUT2D eigenvalue weighted by molar-refractivity contribution is -0.131. The van der Waals surface area contributed by atoms with Crippen LogP contribution in [0.3, 0.4) is 0 Å². The minimum atomic E-state index is -3.68. The molecule has 8 heteroatoms. The lowest BCUT2D eigenvalue weighted by Crippen LogP contribution is -2.34. The van der Waals surface area contributed by atoms with E-state index in [9.17, 15) is 13.2 Å². The molecule has 2 heterocycles. The van der Waals surface area contributed by atoms with Gasteiger partial charge in [-0.05, 0) is 42.7 Å². The molecule has 1 amide bonds. The molecule has 1 aromatic carbocycles. The number of hydrogen-bond acceptors (Lipinski definition) is 4. The molecule has 1 aliphatic rings. The van der Waals surface area contributed by atoms with Crippen LogP contribution in [0.4, 0.5) is 5.69 Å². The average Bonchev–Trinajstić information content (AvgIpc) is 3.01. The molecule has 0 saturated carbocycles. The van der Waals surface area contributed by atoms with Crippen LogP contribution >= 0.6 is 22.9 Å². The molecule has 0 unspecified atom stereocenters. The van der Waals surface area contributed by atoms with Crippen LogP contribution in [-0.4, -0.2) is 25.8 Å². The maximum Gasteiger partial charge on any atom is 0.271 e. The van der Waals surface area contributed by atoms with Crippen LogP contribution in [-0.2, 0) is 27.8 Å². The topological polar surface area (TPSA) is 66.5 Å². The highest BCUT2D eigenvalue weighted by atomic mass is 35.5. The van der Waals surface area contributed by atoms with Gasteiger partial charge in [0.2, 0.25) is 5.91 Å². The van der Waals surface area contributed by atoms with Gasteiger partial charge < -0.3 is 4.90 Å². The van der Waals surface area contributed by atoms with Gasteiger partial charge >= 0.3 is 0 Å². The van der Waals surface area contributed by atoms with Crippen molar-refractivity contribution in [1.82, 2.24) is 4.90 Å². The number of carbonyl (C=O) groups excluding carboxylic acids is 1. The Kier molecular flexibility index (Phi) is 5.09. The molecule has 25 heavy (non-hydrogen) atoms. The number of fused-ring (bicyclic) bond motifs is 1. The van der Waals surface area contributed by atoms with Crippen molar-refractivity contribution in [1.29, 1.82) is 0 Å². The number of amides is 1. The van der Waals surface area contributed by atoms with Gasteiger partial charge in [-0.25, -0.2) is 8.42 Å². The van der Waals surface area contributed by atoms with Gasteiger partial charge in [0, 0.05) is 29.4 Å². The summed E-state index contributed by atoms with van der Waals surface area (Å²) in [5.41, 5.74) is 2.19. The molecule has 0 atom stereocenters. The smallest absolute Gasteiger partial charge is 0.271 e. The van der Waals surface area contributed by atoms with Crippen LogP contribution in [0.1, 0.15) is 29.3 Å². The molecule has 5 nitrogen and oxygen atoms in total. The summed E-state index contributed by atoms with van der Waals surface area (Å²) in [6.07, 6.45) is 1.15. The summed E-state index contributed by atoms with van der Waals surface area (Å²) < 4.78 is 28.3. The highest BCUT2D eigenvalue weighted by Crippen LogP contribution is 2.33. The zero-order valence-corrected chi connectivity index (χ0v) is 16.4. The zero-order chi connectivity index (χ0) is 18.2. The van der Waals surface area contributed by atoms with Crippen LogP contribution < -0.4 is 4.72 Å². The lowest BCUT2D eigenvalue weighted by atomic mass is 10.1. The summed E-state index contributed by atoms with van der Waals surface area (Å²) in [6, 6.07) is 6.77. The molecule has 134 valence electrons. The molecule has 2 aromatic rings. The molecule has 0 bridgehead atoms. The molecule has 1 aliphatic heterocycles. The molecule has 0 fully saturated rings. The van der Waals surface area contributed by atoms with Crippen molar-refractivity contribution >= 4 is 44.6 Å². The summed E-state index contributed by atoms with van der Waals surface area (Å²) in [6.45, 7) is 4.77. The quantitative estimate of drug-likeness (QED) is 0.851. The molecular weight excluding hydrogens is 380 g/mol. The van der Waals surface area contributed by atoms with Crippen molar-refractivity contribution in [3.63, 3.8) is 0 Å². The third-order valence-corrected chi connectivity index (χ3v) is 7.52. The van der Waals surface area contributed by atoms with Crippen molar-refractivity contribution in [2.75, 3.05) is 11.3 Å². The normalized spacial score (nSPS) is 14.3. The van der Waals surface area contributed by atoms with E-state index in [-0.39, 0.29) is 10.1 Å². The van der Waals surface area contributed by atoms with E-state index < -0.39 is 10.0 Å². The first kappa shape index (κ1) is 18.2. The Morgan fingerprint density at radius 2 is 2.12 bits per heavy atom. The van der Waals surface area contributed by atoms with E-state index in [2.05, 4.69) is 4.72 Å². The zero-order valence-electron chi connectivity index (χ0n) is 14.0. The Bertz CT molecular complexity index is 922. The van der Waals surface area contributed by atoms with Gasteiger partial charge in [-0.3, -0.25) is 9.52 Å². The van der Waals surface area contributed by atoms with Gasteiger partial charge in [0.15, 0.2) is 0 Å². The summed E-state index contributed by atoms with van der Waals surface area (Å²) >= 11 is 7.24. The second-order valence-corrected chi connectivity index (χ2v) is 9.48. The molecule has 1 aromatic heterocycles. The average molecular weight is 399 g/mol. The standard InChI is InChI=1S/C17H19ClN2O3S2/c1-3-16(21)20-7-6-15-12(10-20)8-17(24-15)25(22,23)19-14-9-13(18)5-4-11(14)2/h4-5,8-9,19H,3,6-7,10H2,1-2H3. The molecule has 1 N–H and O–H groups in total. The van der Waals surface area contributed by atoms with E-state index in [4.69, 9.17) is 11.6 Å². The number of sulfonamides is 1. The number of nitrogens with one attached hydrogen (secondary N) is 1. The maximum absolute atomic E-state index is 12.7. The Morgan fingerprint density at radius 1 is 1.36 bits per heavy atom. The third kappa shape index (κ3) is 3.83. The minimum absolute atomic E-state index is 0.0916. The van der Waals surface area contributed by atoms with Crippen molar-refractivity contribution in [3.05, 3.63) is 45.3 Å². The van der Waals surface area contributed by atoms with Crippen LogP contribution in [0.25, 0.3) is 0 Å². The number of thiophene rings is 1. The molecule has 0 saturated heterocycles. The lowest BCUT2D eigenvalue weighted by Gasteiger charge is -2.26. The Hall–Kier alpha value is -1.57. The minimum Gasteiger partial charge on any atom is -0.338 e. The van der Waals surface area contributed by atoms with Crippen LogP contribution in [0.5, 0.6) is 0 Å².